The highest BCUT2D eigenvalue weighted by Crippen LogP contribution is 2.26. The molecule has 0 unspecified atom stereocenters. The zero-order valence-electron chi connectivity index (χ0n) is 17.0. The molecule has 160 valence electrons. The molecule has 0 radical (unpaired) electrons. The smallest absolute Gasteiger partial charge is 0.313 e. The Labute approximate surface area is 179 Å². The van der Waals surface area contributed by atoms with E-state index < -0.39 is 16.7 Å². The molecular weight excluding hydrogens is 400 g/mol. The van der Waals surface area contributed by atoms with Crippen LogP contribution in [0.1, 0.15) is 24.0 Å². The number of hydrogen-bond acceptors (Lipinski definition) is 7. The van der Waals surface area contributed by atoms with E-state index in [0.717, 1.165) is 12.8 Å². The number of nitriles is 1. The van der Waals surface area contributed by atoms with Crippen molar-refractivity contribution in [1.29, 1.82) is 5.26 Å². The first-order valence-corrected chi connectivity index (χ1v) is 9.83. The highest BCUT2D eigenvalue weighted by molar-refractivity contribution is 6.39. The molecule has 1 aromatic carbocycles. The number of nitro benzene ring substituents is 1. The fraction of sp³-hybridized carbons (Fsp3) is 0.333. The van der Waals surface area contributed by atoms with Gasteiger partial charge in [-0.15, -0.1) is 0 Å². The van der Waals surface area contributed by atoms with E-state index in [9.17, 15) is 25.0 Å². The summed E-state index contributed by atoms with van der Waals surface area (Å²) in [7, 11) is 0. The lowest BCUT2D eigenvalue weighted by Gasteiger charge is -2.33. The van der Waals surface area contributed by atoms with Crippen LogP contribution in [0.3, 0.4) is 0 Å². The quantitative estimate of drug-likeness (QED) is 0.427. The zero-order chi connectivity index (χ0) is 22.4. The monoisotopic (exact) mass is 422 g/mol. The van der Waals surface area contributed by atoms with E-state index in [1.807, 2.05) is 4.90 Å². The molecule has 1 aliphatic rings. The van der Waals surface area contributed by atoms with E-state index in [2.05, 4.69) is 21.7 Å². The highest BCUT2D eigenvalue weighted by atomic mass is 16.6. The van der Waals surface area contributed by atoms with E-state index >= 15 is 0 Å². The number of anilines is 2. The van der Waals surface area contributed by atoms with Gasteiger partial charge < -0.3 is 15.5 Å². The zero-order valence-corrected chi connectivity index (χ0v) is 17.0. The molecular formula is C21H22N6O4. The van der Waals surface area contributed by atoms with Gasteiger partial charge in [0.2, 0.25) is 0 Å². The van der Waals surface area contributed by atoms with Crippen molar-refractivity contribution in [3.05, 3.63) is 57.8 Å². The molecule has 2 aromatic rings. The molecule has 1 saturated heterocycles. The van der Waals surface area contributed by atoms with Crippen LogP contribution in [0.15, 0.2) is 36.5 Å². The first kappa shape index (κ1) is 21.7. The summed E-state index contributed by atoms with van der Waals surface area (Å²) in [5.74, 6) is -0.951. The second-order valence-corrected chi connectivity index (χ2v) is 7.36. The molecule has 1 fully saturated rings. The third-order valence-corrected chi connectivity index (χ3v) is 5.18. The number of pyridine rings is 1. The van der Waals surface area contributed by atoms with Gasteiger partial charge in [-0.25, -0.2) is 4.98 Å². The van der Waals surface area contributed by atoms with Crippen LogP contribution in [0, 0.1) is 34.3 Å². The first-order chi connectivity index (χ1) is 14.9. The molecule has 10 nitrogen and oxygen atoms in total. The fourth-order valence-corrected chi connectivity index (χ4v) is 3.48. The molecule has 1 aliphatic heterocycles. The number of nitrogens with one attached hydrogen (secondary N) is 2. The number of benzene rings is 1. The summed E-state index contributed by atoms with van der Waals surface area (Å²) < 4.78 is 0. The molecule has 2 amide bonds. The first-order valence-electron chi connectivity index (χ1n) is 9.83. The van der Waals surface area contributed by atoms with Gasteiger partial charge in [0, 0.05) is 31.9 Å². The minimum atomic E-state index is -0.948. The average molecular weight is 422 g/mol. The predicted molar refractivity (Wildman–Crippen MR) is 113 cm³/mol. The van der Waals surface area contributed by atoms with Crippen LogP contribution in [0.25, 0.3) is 0 Å². The van der Waals surface area contributed by atoms with Crippen molar-refractivity contribution >= 4 is 29.0 Å². The summed E-state index contributed by atoms with van der Waals surface area (Å²) in [6.45, 7) is 3.40. The van der Waals surface area contributed by atoms with Crippen molar-refractivity contribution < 1.29 is 14.5 Å². The van der Waals surface area contributed by atoms with E-state index in [4.69, 9.17) is 0 Å². The molecule has 2 N–H and O–H groups in total. The van der Waals surface area contributed by atoms with Gasteiger partial charge in [-0.2, -0.15) is 5.26 Å². The van der Waals surface area contributed by atoms with Crippen molar-refractivity contribution in [1.82, 2.24) is 10.3 Å². The van der Waals surface area contributed by atoms with E-state index in [1.54, 1.807) is 31.3 Å². The Morgan fingerprint density at radius 1 is 1.29 bits per heavy atom. The Balaban J connectivity index is 1.50. The molecule has 10 heteroatoms. The van der Waals surface area contributed by atoms with E-state index in [1.165, 1.54) is 12.1 Å². The Bertz CT molecular complexity index is 1040. The van der Waals surface area contributed by atoms with Gasteiger partial charge in [0.25, 0.3) is 5.69 Å². The maximum atomic E-state index is 12.2. The number of nitrogens with zero attached hydrogens (tertiary/aromatic N) is 4. The standard InChI is InChI=1S/C21H22N6O4/c1-14-4-5-17(18(11-14)27(30)31)25-21(29)20(28)24-13-15-6-9-26(10-7-15)19-16(12-22)3-2-8-23-19/h2-5,8,11,15H,6-7,9-10,13H2,1H3,(H,24,28)(H,25,29). The van der Waals surface area contributed by atoms with Gasteiger partial charge in [0.1, 0.15) is 17.6 Å². The summed E-state index contributed by atoms with van der Waals surface area (Å²) in [6, 6.07) is 9.95. The predicted octanol–water partition coefficient (Wildman–Crippen LogP) is 2.14. The maximum Gasteiger partial charge on any atom is 0.313 e. The minimum absolute atomic E-state index is 0.0206. The van der Waals surface area contributed by atoms with Crippen LogP contribution in [0.2, 0.25) is 0 Å². The van der Waals surface area contributed by atoms with Crippen LogP contribution in [0.4, 0.5) is 17.2 Å². The van der Waals surface area contributed by atoms with Crippen molar-refractivity contribution in [3.8, 4) is 6.07 Å². The van der Waals surface area contributed by atoms with Gasteiger partial charge in [0.05, 0.1) is 10.5 Å². The Morgan fingerprint density at radius 3 is 2.71 bits per heavy atom. The van der Waals surface area contributed by atoms with Gasteiger partial charge >= 0.3 is 11.8 Å². The Morgan fingerprint density at radius 2 is 2.03 bits per heavy atom. The van der Waals surface area contributed by atoms with Crippen LogP contribution in [0.5, 0.6) is 0 Å². The topological polar surface area (TPSA) is 141 Å². The van der Waals surface area contributed by atoms with Gasteiger partial charge in [0.15, 0.2) is 0 Å². The molecule has 3 rings (SSSR count). The number of hydrogen-bond donors (Lipinski definition) is 2. The van der Waals surface area contributed by atoms with Crippen molar-refractivity contribution in [2.45, 2.75) is 19.8 Å². The van der Waals surface area contributed by atoms with E-state index in [-0.39, 0.29) is 17.3 Å². The summed E-state index contributed by atoms with van der Waals surface area (Å²) in [5.41, 5.74) is 0.914. The lowest BCUT2D eigenvalue weighted by molar-refractivity contribution is -0.384. The molecule has 0 atom stereocenters. The van der Waals surface area contributed by atoms with Crippen molar-refractivity contribution in [3.63, 3.8) is 0 Å². The van der Waals surface area contributed by atoms with E-state index in [0.29, 0.717) is 36.6 Å². The summed E-state index contributed by atoms with van der Waals surface area (Å²) in [5, 5.41) is 25.3. The van der Waals surface area contributed by atoms with Gasteiger partial charge in [-0.05, 0) is 49.4 Å². The molecule has 0 spiro atoms. The molecule has 0 saturated carbocycles. The number of piperidine rings is 1. The third kappa shape index (κ3) is 5.33. The van der Waals surface area contributed by atoms with Crippen LogP contribution in [-0.2, 0) is 9.59 Å². The normalized spacial score (nSPS) is 13.9. The third-order valence-electron chi connectivity index (χ3n) is 5.18. The van der Waals surface area contributed by atoms with Crippen LogP contribution in [-0.4, -0.2) is 41.4 Å². The molecule has 0 aliphatic carbocycles. The highest BCUT2D eigenvalue weighted by Gasteiger charge is 2.24. The average Bonchev–Trinajstić information content (AvgIpc) is 2.78. The SMILES string of the molecule is Cc1ccc(NC(=O)C(=O)NCC2CCN(c3ncccc3C#N)CC2)c([N+](=O)[O-])c1. The molecule has 1 aromatic heterocycles. The number of carbonyl (C=O) groups excluding carboxylic acids is 2. The second kappa shape index (κ2) is 9.67. The molecule has 2 heterocycles. The Hall–Kier alpha value is -4.00. The number of nitro groups is 1. The summed E-state index contributed by atoms with van der Waals surface area (Å²) >= 11 is 0. The fourth-order valence-electron chi connectivity index (χ4n) is 3.48. The lowest BCUT2D eigenvalue weighted by atomic mass is 9.96. The number of rotatable bonds is 5. The van der Waals surface area contributed by atoms with Crippen LogP contribution < -0.4 is 15.5 Å². The summed E-state index contributed by atoms with van der Waals surface area (Å²) in [4.78, 5) is 41.2. The van der Waals surface area contributed by atoms with Gasteiger partial charge in [-0.1, -0.05) is 6.07 Å². The lowest BCUT2D eigenvalue weighted by Crippen LogP contribution is -2.42. The van der Waals surface area contributed by atoms with Crippen LogP contribution >= 0.6 is 0 Å². The van der Waals surface area contributed by atoms with Gasteiger partial charge in [-0.3, -0.25) is 19.7 Å². The number of carbonyl (C=O) groups is 2. The Kier molecular flexibility index (Phi) is 6.77. The number of aryl methyl sites for hydroxylation is 1. The number of aromatic nitrogens is 1. The maximum absolute atomic E-state index is 12.2. The number of amides is 2. The van der Waals surface area contributed by atoms with Crippen molar-refractivity contribution in [2.24, 2.45) is 5.92 Å². The summed E-state index contributed by atoms with van der Waals surface area (Å²) in [6.07, 6.45) is 3.19. The molecule has 0 bridgehead atoms. The van der Waals surface area contributed by atoms with Crippen molar-refractivity contribution in [2.75, 3.05) is 29.9 Å². The molecule has 31 heavy (non-hydrogen) atoms. The second-order valence-electron chi connectivity index (χ2n) is 7.36. The largest absolute Gasteiger partial charge is 0.356 e. The minimum Gasteiger partial charge on any atom is -0.356 e.